The number of rotatable bonds is 6. The molecule has 86 valence electrons. The zero-order valence-electron chi connectivity index (χ0n) is 8.87. The van der Waals surface area contributed by atoms with E-state index in [0.717, 1.165) is 13.1 Å². The summed E-state index contributed by atoms with van der Waals surface area (Å²) in [6, 6.07) is 0. The molecule has 0 aromatic rings. The minimum atomic E-state index is -4.09. The lowest BCUT2D eigenvalue weighted by Gasteiger charge is -2.24. The first-order valence-corrected chi connectivity index (χ1v) is 5.67. The van der Waals surface area contributed by atoms with Crippen LogP contribution in [0.5, 0.6) is 0 Å². The maximum Gasteiger partial charge on any atom is 0.441 e. The third kappa shape index (κ3) is 8.69. The maximum atomic E-state index is 11.8. The Morgan fingerprint density at radius 2 is 1.79 bits per heavy atom. The summed E-state index contributed by atoms with van der Waals surface area (Å²) in [7, 11) is 0. The molecule has 0 heterocycles. The SMILES string of the molecule is CCNCC(C)(C)CCSC(F)(F)F. The number of thioether (sulfide) groups is 1. The van der Waals surface area contributed by atoms with Gasteiger partial charge in [-0.2, -0.15) is 13.2 Å². The van der Waals surface area contributed by atoms with Gasteiger partial charge in [0.1, 0.15) is 0 Å². The quantitative estimate of drug-likeness (QED) is 0.750. The molecule has 0 fully saturated rings. The van der Waals surface area contributed by atoms with Gasteiger partial charge in [-0.1, -0.05) is 32.5 Å². The number of alkyl halides is 3. The molecule has 0 amide bonds. The summed E-state index contributed by atoms with van der Waals surface area (Å²) in [5.41, 5.74) is -4.15. The first-order valence-electron chi connectivity index (χ1n) is 4.68. The lowest BCUT2D eigenvalue weighted by molar-refractivity contribution is -0.0328. The van der Waals surface area contributed by atoms with Gasteiger partial charge in [-0.3, -0.25) is 0 Å². The van der Waals surface area contributed by atoms with Crippen molar-refractivity contribution in [3.63, 3.8) is 0 Å². The van der Waals surface area contributed by atoms with Crippen molar-refractivity contribution in [1.29, 1.82) is 0 Å². The maximum absolute atomic E-state index is 11.8. The Hall–Kier alpha value is 0.100. The Bertz CT molecular complexity index is 157. The fourth-order valence-corrected chi connectivity index (χ4v) is 1.88. The Labute approximate surface area is 87.8 Å². The highest BCUT2D eigenvalue weighted by molar-refractivity contribution is 8.00. The normalized spacial score (nSPS) is 13.3. The van der Waals surface area contributed by atoms with Crippen LogP contribution in [0.4, 0.5) is 13.2 Å². The molecule has 0 unspecified atom stereocenters. The summed E-state index contributed by atoms with van der Waals surface area (Å²) < 4.78 is 35.5. The standard InChI is InChI=1S/C9H18F3NS/c1-4-13-7-8(2,3)5-6-14-9(10,11)12/h13H,4-7H2,1-3H3. The topological polar surface area (TPSA) is 12.0 Å². The Kier molecular flexibility index (Phi) is 5.90. The van der Waals surface area contributed by atoms with E-state index in [1.54, 1.807) is 0 Å². The zero-order valence-corrected chi connectivity index (χ0v) is 9.69. The predicted octanol–water partition coefficient (Wildman–Crippen LogP) is 3.27. The average molecular weight is 229 g/mol. The fourth-order valence-electron chi connectivity index (χ4n) is 0.995. The van der Waals surface area contributed by atoms with E-state index in [2.05, 4.69) is 5.32 Å². The van der Waals surface area contributed by atoms with Crippen LogP contribution in [-0.2, 0) is 0 Å². The van der Waals surface area contributed by atoms with E-state index in [4.69, 9.17) is 0 Å². The average Bonchev–Trinajstić information content (AvgIpc) is 1.98. The van der Waals surface area contributed by atoms with Gasteiger partial charge in [-0.05, 0) is 18.4 Å². The highest BCUT2D eigenvalue weighted by Crippen LogP contribution is 2.33. The van der Waals surface area contributed by atoms with Crippen LogP contribution in [0.25, 0.3) is 0 Å². The molecule has 0 rings (SSSR count). The van der Waals surface area contributed by atoms with Crippen molar-refractivity contribution in [2.75, 3.05) is 18.8 Å². The van der Waals surface area contributed by atoms with Gasteiger partial charge in [0.2, 0.25) is 0 Å². The monoisotopic (exact) mass is 229 g/mol. The van der Waals surface area contributed by atoms with Gasteiger partial charge in [-0.15, -0.1) is 0 Å². The van der Waals surface area contributed by atoms with E-state index >= 15 is 0 Å². The lowest BCUT2D eigenvalue weighted by Crippen LogP contribution is -2.29. The fraction of sp³-hybridized carbons (Fsp3) is 1.00. The third-order valence-electron chi connectivity index (χ3n) is 1.90. The highest BCUT2D eigenvalue weighted by atomic mass is 32.2. The summed E-state index contributed by atoms with van der Waals surface area (Å²) >= 11 is 0.0661. The third-order valence-corrected chi connectivity index (χ3v) is 2.63. The Morgan fingerprint density at radius 1 is 1.21 bits per heavy atom. The van der Waals surface area contributed by atoms with Crippen LogP contribution in [0, 0.1) is 5.41 Å². The van der Waals surface area contributed by atoms with Crippen LogP contribution in [0.2, 0.25) is 0 Å². The van der Waals surface area contributed by atoms with Gasteiger partial charge in [0.25, 0.3) is 0 Å². The van der Waals surface area contributed by atoms with Crippen molar-refractivity contribution in [2.45, 2.75) is 32.7 Å². The molecule has 0 saturated heterocycles. The van der Waals surface area contributed by atoms with Crippen molar-refractivity contribution >= 4 is 11.8 Å². The van der Waals surface area contributed by atoms with Crippen molar-refractivity contribution in [3.8, 4) is 0 Å². The van der Waals surface area contributed by atoms with Crippen LogP contribution < -0.4 is 5.32 Å². The minimum Gasteiger partial charge on any atom is -0.316 e. The second-order valence-corrected chi connectivity index (χ2v) is 5.15. The molecular formula is C9H18F3NS. The second kappa shape index (κ2) is 5.85. The van der Waals surface area contributed by atoms with Crippen LogP contribution in [0.3, 0.4) is 0 Å². The lowest BCUT2D eigenvalue weighted by atomic mass is 9.90. The van der Waals surface area contributed by atoms with Gasteiger partial charge in [0.15, 0.2) is 0 Å². The molecule has 1 nitrogen and oxygen atoms in total. The first-order chi connectivity index (χ1) is 6.27. The molecule has 0 spiro atoms. The molecular weight excluding hydrogens is 211 g/mol. The molecule has 14 heavy (non-hydrogen) atoms. The molecule has 0 aromatic carbocycles. The van der Waals surface area contributed by atoms with Crippen molar-refractivity contribution in [2.24, 2.45) is 5.41 Å². The van der Waals surface area contributed by atoms with Crippen LogP contribution >= 0.6 is 11.8 Å². The van der Waals surface area contributed by atoms with E-state index < -0.39 is 5.51 Å². The molecule has 0 aliphatic carbocycles. The Morgan fingerprint density at radius 3 is 2.21 bits per heavy atom. The molecule has 0 saturated carbocycles. The molecule has 1 N–H and O–H groups in total. The van der Waals surface area contributed by atoms with Gasteiger partial charge < -0.3 is 5.32 Å². The molecule has 5 heteroatoms. The van der Waals surface area contributed by atoms with E-state index in [0.29, 0.717) is 6.42 Å². The molecule has 0 aromatic heterocycles. The van der Waals surface area contributed by atoms with Crippen molar-refractivity contribution in [3.05, 3.63) is 0 Å². The summed E-state index contributed by atoms with van der Waals surface area (Å²) in [5, 5.41) is 3.15. The van der Waals surface area contributed by atoms with E-state index in [1.165, 1.54) is 0 Å². The molecule has 0 atom stereocenters. The van der Waals surface area contributed by atoms with E-state index in [9.17, 15) is 13.2 Å². The van der Waals surface area contributed by atoms with Gasteiger partial charge >= 0.3 is 5.51 Å². The highest BCUT2D eigenvalue weighted by Gasteiger charge is 2.29. The molecule has 0 bridgehead atoms. The summed E-state index contributed by atoms with van der Waals surface area (Å²) in [5.74, 6) is 0.141. The second-order valence-electron chi connectivity index (χ2n) is 3.99. The van der Waals surface area contributed by atoms with Gasteiger partial charge in [0, 0.05) is 12.3 Å². The number of nitrogens with one attached hydrogen (secondary N) is 1. The number of hydrogen-bond acceptors (Lipinski definition) is 2. The molecule has 0 aliphatic rings. The van der Waals surface area contributed by atoms with Gasteiger partial charge in [-0.25, -0.2) is 0 Å². The summed E-state index contributed by atoms with van der Waals surface area (Å²) in [6.07, 6.45) is 0.574. The first kappa shape index (κ1) is 14.1. The minimum absolute atomic E-state index is 0.0613. The van der Waals surface area contributed by atoms with E-state index in [1.807, 2.05) is 20.8 Å². The van der Waals surface area contributed by atoms with Crippen LogP contribution in [-0.4, -0.2) is 24.4 Å². The molecule has 0 aliphatic heterocycles. The number of hydrogen-bond donors (Lipinski definition) is 1. The smallest absolute Gasteiger partial charge is 0.316 e. The summed E-state index contributed by atoms with van der Waals surface area (Å²) in [4.78, 5) is 0. The van der Waals surface area contributed by atoms with Gasteiger partial charge in [0.05, 0.1) is 0 Å². The van der Waals surface area contributed by atoms with Crippen molar-refractivity contribution in [1.82, 2.24) is 5.32 Å². The molecule has 0 radical (unpaired) electrons. The van der Waals surface area contributed by atoms with Crippen LogP contribution in [0.15, 0.2) is 0 Å². The zero-order chi connectivity index (χ0) is 11.2. The van der Waals surface area contributed by atoms with Crippen molar-refractivity contribution < 1.29 is 13.2 Å². The predicted molar refractivity (Wildman–Crippen MR) is 55.5 cm³/mol. The summed E-state index contributed by atoms with van der Waals surface area (Å²) in [6.45, 7) is 7.57. The van der Waals surface area contributed by atoms with Crippen LogP contribution in [0.1, 0.15) is 27.2 Å². The van der Waals surface area contributed by atoms with E-state index in [-0.39, 0.29) is 22.9 Å². The Balaban J connectivity index is 3.65. The number of halogens is 3. The largest absolute Gasteiger partial charge is 0.441 e.